The number of methoxy groups -OCH3 is 2. The van der Waals surface area contributed by atoms with E-state index in [1.165, 1.54) is 0 Å². The van der Waals surface area contributed by atoms with Gasteiger partial charge in [0.05, 0.1) is 20.3 Å². The van der Waals surface area contributed by atoms with Crippen LogP contribution in [0.3, 0.4) is 0 Å². The van der Waals surface area contributed by atoms with Gasteiger partial charge in [-0.05, 0) is 45.7 Å². The monoisotopic (exact) mass is 418 g/mol. The van der Waals surface area contributed by atoms with E-state index in [0.717, 1.165) is 12.8 Å². The molecule has 0 spiro atoms. The molecule has 0 radical (unpaired) electrons. The summed E-state index contributed by atoms with van der Waals surface area (Å²) in [6.07, 6.45) is 1.36. The summed E-state index contributed by atoms with van der Waals surface area (Å²) in [6, 6.07) is 5.16. The summed E-state index contributed by atoms with van der Waals surface area (Å²) in [7, 11) is 4.98. The second-order valence-corrected chi connectivity index (χ2v) is 8.15. The Kier molecular flexibility index (Phi) is 6.38. The molecule has 2 aromatic rings. The van der Waals surface area contributed by atoms with E-state index in [2.05, 4.69) is 10.1 Å². The van der Waals surface area contributed by atoms with Crippen LogP contribution in [0.15, 0.2) is 18.2 Å². The molecule has 1 aliphatic heterocycles. The molecule has 1 aliphatic rings. The number of nitrogens with zero attached hydrogens (tertiary/aromatic N) is 4. The minimum atomic E-state index is -0.541. The molecule has 1 aromatic carbocycles. The highest BCUT2D eigenvalue weighted by Gasteiger charge is 2.35. The van der Waals surface area contributed by atoms with Crippen LogP contribution >= 0.6 is 0 Å². The third kappa shape index (κ3) is 4.95. The van der Waals surface area contributed by atoms with Crippen molar-refractivity contribution in [1.29, 1.82) is 0 Å². The molecule has 1 fully saturated rings. The zero-order valence-corrected chi connectivity index (χ0v) is 18.5. The van der Waals surface area contributed by atoms with Gasteiger partial charge in [0, 0.05) is 19.7 Å². The molecular weight excluding hydrogens is 388 g/mol. The number of rotatable bonds is 6. The number of carbonyl (C=O) groups is 1. The lowest BCUT2D eigenvalue weighted by Crippen LogP contribution is -2.36. The quantitative estimate of drug-likeness (QED) is 0.710. The lowest BCUT2D eigenvalue weighted by atomic mass is 10.2. The molecule has 164 valence electrons. The molecule has 0 aliphatic carbocycles. The van der Waals surface area contributed by atoms with Crippen molar-refractivity contribution in [1.82, 2.24) is 19.7 Å². The first kappa shape index (κ1) is 21.7. The van der Waals surface area contributed by atoms with Crippen molar-refractivity contribution in [2.75, 3.05) is 20.8 Å². The van der Waals surface area contributed by atoms with Gasteiger partial charge < -0.3 is 18.9 Å². The Balaban J connectivity index is 1.70. The predicted octanol–water partition coefficient (Wildman–Crippen LogP) is 3.48. The van der Waals surface area contributed by atoms with Crippen molar-refractivity contribution in [3.05, 3.63) is 29.8 Å². The van der Waals surface area contributed by atoms with E-state index in [4.69, 9.17) is 18.9 Å². The molecule has 3 rings (SSSR count). The lowest BCUT2D eigenvalue weighted by Gasteiger charge is -2.27. The number of benzene rings is 1. The zero-order chi connectivity index (χ0) is 21.9. The zero-order valence-electron chi connectivity index (χ0n) is 18.5. The number of aryl methyl sites for hydroxylation is 1. The molecule has 0 unspecified atom stereocenters. The number of likely N-dealkylation sites (tertiary alicyclic amines) is 1. The van der Waals surface area contributed by atoms with Crippen LogP contribution in [0.5, 0.6) is 17.2 Å². The van der Waals surface area contributed by atoms with Crippen LogP contribution < -0.4 is 14.2 Å². The Hall–Kier alpha value is -2.97. The number of hydrogen-bond acceptors (Lipinski definition) is 7. The smallest absolute Gasteiger partial charge is 0.410 e. The summed E-state index contributed by atoms with van der Waals surface area (Å²) in [6.45, 7) is 6.45. The third-order valence-corrected chi connectivity index (χ3v) is 4.77. The topological polar surface area (TPSA) is 87.9 Å². The second-order valence-electron chi connectivity index (χ2n) is 8.15. The standard InChI is InChI=1S/C21H30N4O5/c1-21(2,3)30-20(26)25-11-7-8-15(25)19-22-18(24(4)23-19)13-29-14-9-10-16(27-5)17(12-14)28-6/h9-10,12,15H,7-8,11,13H2,1-6H3/t15-/m0/s1. The van der Waals surface area contributed by atoms with Crippen LogP contribution in [0.25, 0.3) is 0 Å². The molecule has 9 heteroatoms. The van der Waals surface area contributed by atoms with Gasteiger partial charge in [0.1, 0.15) is 18.0 Å². The van der Waals surface area contributed by atoms with Gasteiger partial charge in [0.2, 0.25) is 0 Å². The normalized spacial score (nSPS) is 16.5. The molecule has 30 heavy (non-hydrogen) atoms. The van der Waals surface area contributed by atoms with Gasteiger partial charge in [-0.3, -0.25) is 4.90 Å². The minimum Gasteiger partial charge on any atom is -0.493 e. The first-order chi connectivity index (χ1) is 14.2. The van der Waals surface area contributed by atoms with Crippen molar-refractivity contribution in [2.24, 2.45) is 7.05 Å². The molecule has 0 saturated carbocycles. The first-order valence-corrected chi connectivity index (χ1v) is 9.96. The highest BCUT2D eigenvalue weighted by molar-refractivity contribution is 5.69. The number of ether oxygens (including phenoxy) is 4. The molecular formula is C21H30N4O5. The Morgan fingerprint density at radius 3 is 2.60 bits per heavy atom. The molecule has 2 heterocycles. The fraction of sp³-hybridized carbons (Fsp3) is 0.571. The third-order valence-electron chi connectivity index (χ3n) is 4.77. The van der Waals surface area contributed by atoms with Crippen molar-refractivity contribution >= 4 is 6.09 Å². The van der Waals surface area contributed by atoms with Gasteiger partial charge in [-0.2, -0.15) is 5.10 Å². The van der Waals surface area contributed by atoms with Crippen LogP contribution in [0, 0.1) is 0 Å². The average molecular weight is 418 g/mol. The van der Waals surface area contributed by atoms with Crippen LogP contribution in [0.2, 0.25) is 0 Å². The Morgan fingerprint density at radius 1 is 1.20 bits per heavy atom. The maximum atomic E-state index is 12.6. The SMILES string of the molecule is COc1ccc(OCc2nc([C@@H]3CCCN3C(=O)OC(C)(C)C)nn2C)cc1OC. The van der Waals surface area contributed by atoms with Gasteiger partial charge in [-0.1, -0.05) is 0 Å². The van der Waals surface area contributed by atoms with Crippen molar-refractivity contribution in [3.63, 3.8) is 0 Å². The van der Waals surface area contributed by atoms with E-state index in [-0.39, 0.29) is 18.7 Å². The van der Waals surface area contributed by atoms with E-state index >= 15 is 0 Å². The summed E-state index contributed by atoms with van der Waals surface area (Å²) in [5.74, 6) is 3.12. The summed E-state index contributed by atoms with van der Waals surface area (Å²) in [4.78, 5) is 18.9. The number of aromatic nitrogens is 3. The van der Waals surface area contributed by atoms with Gasteiger partial charge >= 0.3 is 6.09 Å². The molecule has 1 aromatic heterocycles. The fourth-order valence-electron chi connectivity index (χ4n) is 3.33. The van der Waals surface area contributed by atoms with Gasteiger partial charge in [-0.25, -0.2) is 14.5 Å². The van der Waals surface area contributed by atoms with E-state index < -0.39 is 5.60 Å². The summed E-state index contributed by atoms with van der Waals surface area (Å²) >= 11 is 0. The van der Waals surface area contributed by atoms with E-state index in [0.29, 0.717) is 35.4 Å². The Morgan fingerprint density at radius 2 is 1.93 bits per heavy atom. The van der Waals surface area contributed by atoms with Crippen molar-refractivity contribution in [2.45, 2.75) is 51.9 Å². The Labute approximate surface area is 176 Å². The van der Waals surface area contributed by atoms with Crippen molar-refractivity contribution < 1.29 is 23.7 Å². The van der Waals surface area contributed by atoms with E-state index in [1.807, 2.05) is 27.8 Å². The van der Waals surface area contributed by atoms with E-state index in [9.17, 15) is 4.79 Å². The highest BCUT2D eigenvalue weighted by Crippen LogP contribution is 2.33. The first-order valence-electron chi connectivity index (χ1n) is 9.96. The number of hydrogen-bond donors (Lipinski definition) is 0. The number of amides is 1. The second kappa shape index (κ2) is 8.81. The number of carbonyl (C=O) groups excluding carboxylic acids is 1. The molecule has 1 atom stereocenters. The average Bonchev–Trinajstić information content (AvgIpc) is 3.31. The fourth-order valence-corrected chi connectivity index (χ4v) is 3.33. The maximum absolute atomic E-state index is 12.6. The molecule has 0 N–H and O–H groups in total. The van der Waals surface area contributed by atoms with Crippen LogP contribution in [0.1, 0.15) is 51.3 Å². The maximum Gasteiger partial charge on any atom is 0.410 e. The van der Waals surface area contributed by atoms with Gasteiger partial charge in [-0.15, -0.1) is 0 Å². The molecule has 1 amide bonds. The summed E-state index contributed by atoms with van der Waals surface area (Å²) in [5.41, 5.74) is -0.541. The van der Waals surface area contributed by atoms with Crippen molar-refractivity contribution in [3.8, 4) is 17.2 Å². The summed E-state index contributed by atoms with van der Waals surface area (Å²) < 4.78 is 23.6. The molecule has 0 bridgehead atoms. The molecule has 9 nitrogen and oxygen atoms in total. The largest absolute Gasteiger partial charge is 0.493 e. The molecule has 1 saturated heterocycles. The predicted molar refractivity (Wildman–Crippen MR) is 110 cm³/mol. The van der Waals surface area contributed by atoms with Crippen LogP contribution in [0.4, 0.5) is 4.79 Å². The van der Waals surface area contributed by atoms with Gasteiger partial charge in [0.25, 0.3) is 0 Å². The minimum absolute atomic E-state index is 0.194. The van der Waals surface area contributed by atoms with E-state index in [1.54, 1.807) is 42.0 Å². The Bertz CT molecular complexity index is 890. The van der Waals surface area contributed by atoms with Crippen LogP contribution in [-0.2, 0) is 18.4 Å². The summed E-state index contributed by atoms with van der Waals surface area (Å²) in [5, 5.41) is 4.53. The highest BCUT2D eigenvalue weighted by atomic mass is 16.6. The van der Waals surface area contributed by atoms with Crippen LogP contribution in [-0.4, -0.2) is 52.1 Å². The van der Waals surface area contributed by atoms with Gasteiger partial charge in [0.15, 0.2) is 23.1 Å². The lowest BCUT2D eigenvalue weighted by molar-refractivity contribution is 0.0218.